The molecule has 0 radical (unpaired) electrons. The van der Waals surface area contributed by atoms with Crippen LogP contribution < -0.4 is 4.74 Å². The first-order chi connectivity index (χ1) is 6.13. The molecule has 0 bridgehead atoms. The summed E-state index contributed by atoms with van der Waals surface area (Å²) < 4.78 is 27.5. The topological polar surface area (TPSA) is 42.4 Å². The van der Waals surface area contributed by atoms with Gasteiger partial charge in [0, 0.05) is 11.8 Å². The van der Waals surface area contributed by atoms with Gasteiger partial charge < -0.3 is 9.84 Å². The Kier molecular flexibility index (Phi) is 3.39. The first-order valence-electron chi connectivity index (χ1n) is 3.33. The molecule has 0 saturated heterocycles. The van der Waals surface area contributed by atoms with Gasteiger partial charge in [0.2, 0.25) is 5.88 Å². The fraction of sp³-hybridized carbons (Fsp3) is 0.286. The molecular weight excluding hydrogens is 204 g/mol. The second-order valence-electron chi connectivity index (χ2n) is 2.15. The van der Waals surface area contributed by atoms with Gasteiger partial charge in [-0.2, -0.15) is 8.78 Å². The summed E-state index contributed by atoms with van der Waals surface area (Å²) in [6.45, 7) is -3.41. The van der Waals surface area contributed by atoms with Crippen LogP contribution in [0.15, 0.2) is 12.3 Å². The van der Waals surface area contributed by atoms with Crippen molar-refractivity contribution in [3.05, 3.63) is 22.8 Å². The number of aliphatic hydroxyl groups is 1. The van der Waals surface area contributed by atoms with Gasteiger partial charge in [-0.05, 0) is 6.07 Å². The summed E-state index contributed by atoms with van der Waals surface area (Å²) in [5, 5.41) is 8.99. The van der Waals surface area contributed by atoms with Crippen molar-refractivity contribution < 1.29 is 18.6 Å². The van der Waals surface area contributed by atoms with Gasteiger partial charge in [0.1, 0.15) is 0 Å². The van der Waals surface area contributed by atoms with Crippen LogP contribution in [0, 0.1) is 0 Å². The third kappa shape index (κ3) is 2.78. The number of hydrogen-bond donors (Lipinski definition) is 1. The fourth-order valence-electron chi connectivity index (χ4n) is 0.772. The monoisotopic (exact) mass is 209 g/mol. The lowest BCUT2D eigenvalue weighted by atomic mass is 10.3. The van der Waals surface area contributed by atoms with E-state index in [1.165, 1.54) is 12.3 Å². The number of ether oxygens (including phenoxy) is 1. The Balaban J connectivity index is 2.92. The minimum atomic E-state index is -2.96. The molecule has 1 rings (SSSR count). The van der Waals surface area contributed by atoms with Crippen molar-refractivity contribution in [3.8, 4) is 5.88 Å². The number of halogens is 3. The van der Waals surface area contributed by atoms with Crippen LogP contribution in [0.3, 0.4) is 0 Å². The summed E-state index contributed by atoms with van der Waals surface area (Å²) in [5.41, 5.74) is 0.132. The quantitative estimate of drug-likeness (QED) is 0.826. The largest absolute Gasteiger partial charge is 0.417 e. The van der Waals surface area contributed by atoms with E-state index >= 15 is 0 Å². The molecule has 1 N–H and O–H groups in total. The summed E-state index contributed by atoms with van der Waals surface area (Å²) >= 11 is 5.52. The Labute approximate surface area is 77.9 Å². The molecule has 0 aliphatic carbocycles. The minimum Gasteiger partial charge on any atom is -0.417 e. The van der Waals surface area contributed by atoms with E-state index in [1.807, 2.05) is 0 Å². The molecule has 0 unspecified atom stereocenters. The summed E-state index contributed by atoms with van der Waals surface area (Å²) in [6, 6.07) is 1.31. The highest BCUT2D eigenvalue weighted by atomic mass is 35.5. The van der Waals surface area contributed by atoms with Crippen LogP contribution in [0.1, 0.15) is 5.56 Å². The number of rotatable bonds is 3. The maximum Gasteiger partial charge on any atom is 0.388 e. The van der Waals surface area contributed by atoms with Gasteiger partial charge in [-0.3, -0.25) is 0 Å². The molecule has 1 heterocycles. The van der Waals surface area contributed by atoms with Gasteiger partial charge in [0.25, 0.3) is 0 Å². The van der Waals surface area contributed by atoms with Crippen molar-refractivity contribution in [1.29, 1.82) is 0 Å². The number of aromatic nitrogens is 1. The number of aliphatic hydroxyl groups excluding tert-OH is 1. The highest BCUT2D eigenvalue weighted by Crippen LogP contribution is 2.20. The Hall–Kier alpha value is -0.940. The molecule has 1 aromatic rings. The molecule has 72 valence electrons. The van der Waals surface area contributed by atoms with Crippen molar-refractivity contribution >= 4 is 11.6 Å². The van der Waals surface area contributed by atoms with Gasteiger partial charge >= 0.3 is 6.61 Å². The third-order valence-corrected chi connectivity index (χ3v) is 1.47. The van der Waals surface area contributed by atoms with E-state index in [4.69, 9.17) is 16.7 Å². The standard InChI is InChI=1S/C7H6ClF2NO2/c8-5-1-4(3-12)6(11-2-5)13-7(9)10/h1-2,7,12H,3H2. The van der Waals surface area contributed by atoms with Crippen LogP contribution in [-0.2, 0) is 6.61 Å². The van der Waals surface area contributed by atoms with Gasteiger partial charge in [-0.15, -0.1) is 0 Å². The van der Waals surface area contributed by atoms with Crippen molar-refractivity contribution in [2.75, 3.05) is 0 Å². The number of alkyl halides is 2. The summed E-state index contributed by atoms with van der Waals surface area (Å²) in [6.07, 6.45) is 1.17. The zero-order valence-electron chi connectivity index (χ0n) is 6.38. The van der Waals surface area contributed by atoms with E-state index in [9.17, 15) is 8.78 Å². The first kappa shape index (κ1) is 10.1. The maximum absolute atomic E-state index is 11.8. The Morgan fingerprint density at radius 3 is 2.85 bits per heavy atom. The molecule has 0 aromatic carbocycles. The van der Waals surface area contributed by atoms with Crippen LogP contribution >= 0.6 is 11.6 Å². The van der Waals surface area contributed by atoms with Crippen LogP contribution in [0.25, 0.3) is 0 Å². The highest BCUT2D eigenvalue weighted by Gasteiger charge is 2.10. The Bertz CT molecular complexity index is 296. The predicted molar refractivity (Wildman–Crippen MR) is 41.8 cm³/mol. The molecule has 0 fully saturated rings. The van der Waals surface area contributed by atoms with Gasteiger partial charge in [-0.25, -0.2) is 4.98 Å². The molecule has 6 heteroatoms. The molecule has 0 spiro atoms. The van der Waals surface area contributed by atoms with Crippen molar-refractivity contribution in [2.24, 2.45) is 0 Å². The molecule has 13 heavy (non-hydrogen) atoms. The number of pyridine rings is 1. The average molecular weight is 210 g/mol. The van der Waals surface area contributed by atoms with Crippen molar-refractivity contribution in [1.82, 2.24) is 4.98 Å². The zero-order valence-corrected chi connectivity index (χ0v) is 7.13. The average Bonchev–Trinajstić information content (AvgIpc) is 2.07. The normalized spacial score (nSPS) is 10.5. The summed E-state index contributed by atoms with van der Waals surface area (Å²) in [5.74, 6) is -0.304. The lowest BCUT2D eigenvalue weighted by Gasteiger charge is -2.07. The Morgan fingerprint density at radius 1 is 1.62 bits per heavy atom. The molecular formula is C7H6ClF2NO2. The smallest absolute Gasteiger partial charge is 0.388 e. The SMILES string of the molecule is OCc1cc(Cl)cnc1OC(F)F. The first-order valence-corrected chi connectivity index (χ1v) is 3.71. The van der Waals surface area contributed by atoms with E-state index in [2.05, 4.69) is 9.72 Å². The molecule has 0 amide bonds. The molecule has 1 aromatic heterocycles. The zero-order chi connectivity index (χ0) is 9.84. The third-order valence-electron chi connectivity index (χ3n) is 1.26. The van der Waals surface area contributed by atoms with E-state index in [1.54, 1.807) is 0 Å². The van der Waals surface area contributed by atoms with Crippen LogP contribution in [0.5, 0.6) is 5.88 Å². The van der Waals surface area contributed by atoms with E-state index in [0.717, 1.165) is 0 Å². The summed E-state index contributed by atoms with van der Waals surface area (Å²) in [4.78, 5) is 3.50. The highest BCUT2D eigenvalue weighted by molar-refractivity contribution is 6.30. The minimum absolute atomic E-state index is 0.132. The lowest BCUT2D eigenvalue weighted by Crippen LogP contribution is -2.06. The Morgan fingerprint density at radius 2 is 2.31 bits per heavy atom. The van der Waals surface area contributed by atoms with E-state index < -0.39 is 13.2 Å². The fourth-order valence-corrected chi connectivity index (χ4v) is 0.953. The second kappa shape index (κ2) is 4.34. The van der Waals surface area contributed by atoms with E-state index in [-0.39, 0.29) is 16.5 Å². The van der Waals surface area contributed by atoms with Crippen LogP contribution in [0.2, 0.25) is 5.02 Å². The number of hydrogen-bond acceptors (Lipinski definition) is 3. The molecule has 3 nitrogen and oxygen atoms in total. The van der Waals surface area contributed by atoms with Gasteiger partial charge in [0.05, 0.1) is 11.6 Å². The van der Waals surface area contributed by atoms with Crippen molar-refractivity contribution in [2.45, 2.75) is 13.2 Å². The van der Waals surface area contributed by atoms with Gasteiger partial charge in [0.15, 0.2) is 0 Å². The van der Waals surface area contributed by atoms with Crippen LogP contribution in [-0.4, -0.2) is 16.7 Å². The number of nitrogens with zero attached hydrogens (tertiary/aromatic N) is 1. The molecule has 0 aliphatic heterocycles. The molecule has 0 atom stereocenters. The predicted octanol–water partition coefficient (Wildman–Crippen LogP) is 1.83. The summed E-state index contributed by atoms with van der Waals surface area (Å²) in [7, 11) is 0. The van der Waals surface area contributed by atoms with Crippen LogP contribution in [0.4, 0.5) is 8.78 Å². The maximum atomic E-state index is 11.8. The lowest BCUT2D eigenvalue weighted by molar-refractivity contribution is -0.0540. The van der Waals surface area contributed by atoms with Crippen molar-refractivity contribution in [3.63, 3.8) is 0 Å². The van der Waals surface area contributed by atoms with E-state index in [0.29, 0.717) is 0 Å². The molecule has 0 aliphatic rings. The second-order valence-corrected chi connectivity index (χ2v) is 2.59. The molecule has 0 saturated carbocycles. The van der Waals surface area contributed by atoms with Gasteiger partial charge in [-0.1, -0.05) is 11.6 Å².